The van der Waals surface area contributed by atoms with Crippen LogP contribution in [0.2, 0.25) is 0 Å². The van der Waals surface area contributed by atoms with Crippen molar-refractivity contribution in [2.24, 2.45) is 0 Å². The standard InChI is InChI=1S/C13H22N4O/c1-11-10-14-12(2)13(15-11)17-6-4-16(5-7-17)8-9-18-3/h10H,4-9H2,1-3H3. The summed E-state index contributed by atoms with van der Waals surface area (Å²) in [6.45, 7) is 10.0. The fourth-order valence-corrected chi connectivity index (χ4v) is 2.23. The van der Waals surface area contributed by atoms with Gasteiger partial charge in [0.2, 0.25) is 0 Å². The lowest BCUT2D eigenvalue weighted by molar-refractivity contribution is 0.144. The normalized spacial score (nSPS) is 17.2. The van der Waals surface area contributed by atoms with E-state index in [9.17, 15) is 0 Å². The van der Waals surface area contributed by atoms with Gasteiger partial charge in [-0.2, -0.15) is 0 Å². The highest BCUT2D eigenvalue weighted by molar-refractivity contribution is 5.43. The van der Waals surface area contributed by atoms with Crippen molar-refractivity contribution >= 4 is 5.82 Å². The summed E-state index contributed by atoms with van der Waals surface area (Å²) in [4.78, 5) is 13.7. The molecule has 5 nitrogen and oxygen atoms in total. The van der Waals surface area contributed by atoms with Gasteiger partial charge in [-0.15, -0.1) is 0 Å². The molecule has 2 rings (SSSR count). The maximum Gasteiger partial charge on any atom is 0.150 e. The molecule has 2 heterocycles. The smallest absolute Gasteiger partial charge is 0.150 e. The Morgan fingerprint density at radius 1 is 1.22 bits per heavy atom. The molecule has 5 heteroatoms. The third kappa shape index (κ3) is 3.17. The lowest BCUT2D eigenvalue weighted by Crippen LogP contribution is -2.47. The lowest BCUT2D eigenvalue weighted by Gasteiger charge is -2.35. The van der Waals surface area contributed by atoms with Crippen molar-refractivity contribution in [1.82, 2.24) is 14.9 Å². The number of nitrogens with zero attached hydrogens (tertiary/aromatic N) is 4. The Balaban J connectivity index is 1.94. The van der Waals surface area contributed by atoms with Gasteiger partial charge in [0, 0.05) is 46.0 Å². The molecule has 100 valence electrons. The highest BCUT2D eigenvalue weighted by Crippen LogP contribution is 2.17. The molecule has 0 N–H and O–H groups in total. The van der Waals surface area contributed by atoms with Crippen LogP contribution in [0.25, 0.3) is 0 Å². The van der Waals surface area contributed by atoms with Gasteiger partial charge >= 0.3 is 0 Å². The number of piperazine rings is 1. The molecule has 1 aromatic rings. The van der Waals surface area contributed by atoms with Gasteiger partial charge < -0.3 is 9.64 Å². The SMILES string of the molecule is COCCN1CCN(c2nc(C)cnc2C)CC1. The fourth-order valence-electron chi connectivity index (χ4n) is 2.23. The summed E-state index contributed by atoms with van der Waals surface area (Å²) < 4.78 is 5.11. The number of hydrogen-bond acceptors (Lipinski definition) is 5. The molecular weight excluding hydrogens is 228 g/mol. The Hall–Kier alpha value is -1.20. The number of aromatic nitrogens is 2. The molecule has 0 saturated carbocycles. The van der Waals surface area contributed by atoms with E-state index in [1.807, 2.05) is 20.0 Å². The minimum atomic E-state index is 0.809. The Morgan fingerprint density at radius 2 is 1.94 bits per heavy atom. The monoisotopic (exact) mass is 250 g/mol. The average molecular weight is 250 g/mol. The Morgan fingerprint density at radius 3 is 2.61 bits per heavy atom. The van der Waals surface area contributed by atoms with Crippen LogP contribution < -0.4 is 4.90 Å². The second-order valence-electron chi connectivity index (χ2n) is 4.74. The molecule has 1 aliphatic rings. The molecule has 0 bridgehead atoms. The number of anilines is 1. The van der Waals surface area contributed by atoms with Crippen LogP contribution in [-0.4, -0.2) is 61.3 Å². The van der Waals surface area contributed by atoms with E-state index >= 15 is 0 Å². The van der Waals surface area contributed by atoms with Gasteiger partial charge in [0.25, 0.3) is 0 Å². The summed E-state index contributed by atoms with van der Waals surface area (Å²) in [5.41, 5.74) is 2.00. The van der Waals surface area contributed by atoms with Crippen LogP contribution in [-0.2, 0) is 4.74 Å². The minimum absolute atomic E-state index is 0.809. The van der Waals surface area contributed by atoms with Gasteiger partial charge in [0.15, 0.2) is 0 Å². The molecule has 0 spiro atoms. The van der Waals surface area contributed by atoms with E-state index in [1.165, 1.54) is 0 Å². The number of hydrogen-bond donors (Lipinski definition) is 0. The van der Waals surface area contributed by atoms with Gasteiger partial charge in [-0.3, -0.25) is 9.88 Å². The maximum atomic E-state index is 5.11. The highest BCUT2D eigenvalue weighted by atomic mass is 16.5. The van der Waals surface area contributed by atoms with Gasteiger partial charge in [-0.25, -0.2) is 4.98 Å². The van der Waals surface area contributed by atoms with Crippen LogP contribution in [0.15, 0.2) is 6.20 Å². The molecule has 1 aliphatic heterocycles. The Kier molecular flexibility index (Phi) is 4.49. The second-order valence-corrected chi connectivity index (χ2v) is 4.74. The first-order valence-corrected chi connectivity index (χ1v) is 6.47. The molecule has 18 heavy (non-hydrogen) atoms. The van der Waals surface area contributed by atoms with Crippen molar-refractivity contribution in [1.29, 1.82) is 0 Å². The molecule has 0 aliphatic carbocycles. The van der Waals surface area contributed by atoms with Crippen molar-refractivity contribution < 1.29 is 4.74 Å². The molecule has 0 aromatic carbocycles. The average Bonchev–Trinajstić information content (AvgIpc) is 2.40. The predicted octanol–water partition coefficient (Wildman–Crippen LogP) is 0.862. The molecule has 1 aromatic heterocycles. The van der Waals surface area contributed by atoms with Crippen molar-refractivity contribution in [3.05, 3.63) is 17.6 Å². The number of ether oxygens (including phenoxy) is 1. The molecular formula is C13H22N4O. The summed E-state index contributed by atoms with van der Waals surface area (Å²) in [6, 6.07) is 0. The van der Waals surface area contributed by atoms with Gasteiger partial charge in [0.1, 0.15) is 5.82 Å². The molecule has 0 amide bonds. The Bertz CT molecular complexity index is 389. The Labute approximate surface area is 109 Å². The molecule has 1 saturated heterocycles. The van der Waals surface area contributed by atoms with Crippen LogP contribution in [0.5, 0.6) is 0 Å². The maximum absolute atomic E-state index is 5.11. The molecule has 0 radical (unpaired) electrons. The highest BCUT2D eigenvalue weighted by Gasteiger charge is 2.19. The van der Waals surface area contributed by atoms with E-state index in [1.54, 1.807) is 7.11 Å². The summed E-state index contributed by atoms with van der Waals surface area (Å²) in [7, 11) is 1.75. The van der Waals surface area contributed by atoms with Crippen molar-refractivity contribution in [3.63, 3.8) is 0 Å². The van der Waals surface area contributed by atoms with E-state index in [2.05, 4.69) is 19.8 Å². The second kappa shape index (κ2) is 6.11. The largest absolute Gasteiger partial charge is 0.383 e. The zero-order chi connectivity index (χ0) is 13.0. The van der Waals surface area contributed by atoms with Crippen LogP contribution >= 0.6 is 0 Å². The first-order chi connectivity index (χ1) is 8.70. The van der Waals surface area contributed by atoms with E-state index in [0.717, 1.165) is 56.5 Å². The zero-order valence-electron chi connectivity index (χ0n) is 11.5. The first-order valence-electron chi connectivity index (χ1n) is 6.47. The van der Waals surface area contributed by atoms with E-state index in [4.69, 9.17) is 4.74 Å². The summed E-state index contributed by atoms with van der Waals surface area (Å²) in [5.74, 6) is 1.04. The number of aryl methyl sites for hydroxylation is 2. The summed E-state index contributed by atoms with van der Waals surface area (Å²) >= 11 is 0. The van der Waals surface area contributed by atoms with Gasteiger partial charge in [0.05, 0.1) is 18.0 Å². The zero-order valence-corrected chi connectivity index (χ0v) is 11.5. The lowest BCUT2D eigenvalue weighted by atomic mass is 10.3. The summed E-state index contributed by atoms with van der Waals surface area (Å²) in [6.07, 6.45) is 1.83. The minimum Gasteiger partial charge on any atom is -0.383 e. The van der Waals surface area contributed by atoms with Crippen molar-refractivity contribution in [2.45, 2.75) is 13.8 Å². The third-order valence-electron chi connectivity index (χ3n) is 3.33. The fraction of sp³-hybridized carbons (Fsp3) is 0.692. The molecule has 0 atom stereocenters. The van der Waals surface area contributed by atoms with E-state index in [-0.39, 0.29) is 0 Å². The number of rotatable bonds is 4. The molecule has 0 unspecified atom stereocenters. The summed E-state index contributed by atoms with van der Waals surface area (Å²) in [5, 5.41) is 0. The van der Waals surface area contributed by atoms with Gasteiger partial charge in [-0.1, -0.05) is 0 Å². The quantitative estimate of drug-likeness (QED) is 0.793. The van der Waals surface area contributed by atoms with Crippen molar-refractivity contribution in [2.75, 3.05) is 51.3 Å². The van der Waals surface area contributed by atoms with Crippen LogP contribution in [0.3, 0.4) is 0 Å². The van der Waals surface area contributed by atoms with Crippen LogP contribution in [0, 0.1) is 13.8 Å². The van der Waals surface area contributed by atoms with E-state index in [0.29, 0.717) is 0 Å². The molecule has 1 fully saturated rings. The van der Waals surface area contributed by atoms with E-state index < -0.39 is 0 Å². The van der Waals surface area contributed by atoms with Crippen LogP contribution in [0.1, 0.15) is 11.4 Å². The predicted molar refractivity (Wildman–Crippen MR) is 72.0 cm³/mol. The third-order valence-corrected chi connectivity index (χ3v) is 3.33. The number of methoxy groups -OCH3 is 1. The van der Waals surface area contributed by atoms with Crippen molar-refractivity contribution in [3.8, 4) is 0 Å². The topological polar surface area (TPSA) is 41.5 Å². The van der Waals surface area contributed by atoms with Crippen LogP contribution in [0.4, 0.5) is 5.82 Å². The van der Waals surface area contributed by atoms with Gasteiger partial charge in [-0.05, 0) is 13.8 Å². The first kappa shape index (κ1) is 13.2.